The van der Waals surface area contributed by atoms with Crippen molar-refractivity contribution in [3.05, 3.63) is 29.3 Å². The van der Waals surface area contributed by atoms with E-state index >= 15 is 0 Å². The maximum atomic E-state index is 12.3. The molecule has 2 aliphatic heterocycles. The molecule has 0 atom stereocenters. The zero-order chi connectivity index (χ0) is 19.5. The Bertz CT molecular complexity index is 879. The van der Waals surface area contributed by atoms with Gasteiger partial charge in [-0.1, -0.05) is 0 Å². The van der Waals surface area contributed by atoms with Crippen molar-refractivity contribution in [3.8, 4) is 11.5 Å². The number of nitrogens with zero attached hydrogens (tertiary/aromatic N) is 3. The molecular formula is C18H21N5O4S. The first-order valence-corrected chi connectivity index (χ1v) is 9.83. The van der Waals surface area contributed by atoms with Crippen molar-refractivity contribution in [1.82, 2.24) is 14.8 Å². The van der Waals surface area contributed by atoms with E-state index in [1.807, 2.05) is 7.05 Å². The van der Waals surface area contributed by atoms with E-state index in [0.717, 1.165) is 13.1 Å². The molecule has 1 aromatic carbocycles. The van der Waals surface area contributed by atoms with Crippen LogP contribution < -0.4 is 20.1 Å². The normalized spacial score (nSPS) is 16.1. The molecule has 28 heavy (non-hydrogen) atoms. The number of hydrogen-bond acceptors (Lipinski definition) is 7. The van der Waals surface area contributed by atoms with Gasteiger partial charge in [-0.15, -0.1) is 11.3 Å². The van der Waals surface area contributed by atoms with E-state index in [0.29, 0.717) is 41.1 Å². The Morgan fingerprint density at radius 3 is 2.75 bits per heavy atom. The zero-order valence-electron chi connectivity index (χ0n) is 15.4. The van der Waals surface area contributed by atoms with Gasteiger partial charge in [-0.25, -0.2) is 9.78 Å². The van der Waals surface area contributed by atoms with Crippen molar-refractivity contribution >= 4 is 34.1 Å². The lowest BCUT2D eigenvalue weighted by Crippen LogP contribution is -2.48. The molecule has 1 saturated heterocycles. The lowest BCUT2D eigenvalue weighted by Gasteiger charge is -2.32. The van der Waals surface area contributed by atoms with E-state index in [1.54, 1.807) is 28.5 Å². The Morgan fingerprint density at radius 2 is 1.93 bits per heavy atom. The minimum absolute atomic E-state index is 0.120. The van der Waals surface area contributed by atoms with Gasteiger partial charge in [-0.2, -0.15) is 0 Å². The van der Waals surface area contributed by atoms with E-state index in [9.17, 15) is 9.59 Å². The highest BCUT2D eigenvalue weighted by molar-refractivity contribution is 7.13. The van der Waals surface area contributed by atoms with Crippen LogP contribution in [0.5, 0.6) is 11.5 Å². The summed E-state index contributed by atoms with van der Waals surface area (Å²) in [4.78, 5) is 32.9. The van der Waals surface area contributed by atoms with Crippen molar-refractivity contribution < 1.29 is 19.1 Å². The molecule has 0 aliphatic carbocycles. The van der Waals surface area contributed by atoms with Crippen molar-refractivity contribution in [1.29, 1.82) is 0 Å². The predicted molar refractivity (Wildman–Crippen MR) is 105 cm³/mol. The number of carbonyl (C=O) groups is 2. The van der Waals surface area contributed by atoms with Crippen LogP contribution in [0.1, 0.15) is 5.69 Å². The number of aromatic nitrogens is 1. The van der Waals surface area contributed by atoms with Crippen LogP contribution in [-0.2, 0) is 11.2 Å². The van der Waals surface area contributed by atoms with Crippen LogP contribution in [-0.4, -0.2) is 66.7 Å². The molecule has 10 heteroatoms. The number of fused-ring (bicyclic) bond motifs is 1. The van der Waals surface area contributed by atoms with Gasteiger partial charge in [0.1, 0.15) is 0 Å². The van der Waals surface area contributed by atoms with Crippen LogP contribution in [0.3, 0.4) is 0 Å². The molecule has 3 heterocycles. The SMILES string of the molecule is CN1CCN(C(=O)Nc2nc(CC(=O)Nc3ccc4c(c3)OCO4)cs2)CC1. The van der Waals surface area contributed by atoms with Crippen molar-refractivity contribution in [3.63, 3.8) is 0 Å². The molecule has 2 aromatic rings. The second-order valence-corrected chi connectivity index (χ2v) is 7.52. The molecule has 3 amide bonds. The van der Waals surface area contributed by atoms with E-state index in [2.05, 4.69) is 20.5 Å². The second-order valence-electron chi connectivity index (χ2n) is 6.66. The number of carbonyl (C=O) groups excluding carboxylic acids is 2. The van der Waals surface area contributed by atoms with Gasteiger partial charge in [-0.05, 0) is 19.2 Å². The van der Waals surface area contributed by atoms with Crippen LogP contribution in [0, 0.1) is 0 Å². The highest BCUT2D eigenvalue weighted by Gasteiger charge is 2.20. The quantitative estimate of drug-likeness (QED) is 0.809. The van der Waals surface area contributed by atoms with E-state index in [4.69, 9.17) is 9.47 Å². The number of amides is 3. The third-order valence-electron chi connectivity index (χ3n) is 4.55. The fourth-order valence-electron chi connectivity index (χ4n) is 2.97. The summed E-state index contributed by atoms with van der Waals surface area (Å²) >= 11 is 1.31. The summed E-state index contributed by atoms with van der Waals surface area (Å²) in [5.74, 6) is 1.08. The number of piperazine rings is 1. The van der Waals surface area contributed by atoms with Gasteiger partial charge in [0, 0.05) is 43.3 Å². The van der Waals surface area contributed by atoms with Crippen molar-refractivity contribution in [2.75, 3.05) is 50.7 Å². The van der Waals surface area contributed by atoms with Crippen LogP contribution in [0.15, 0.2) is 23.6 Å². The molecule has 0 spiro atoms. The number of thiazole rings is 1. The number of likely N-dealkylation sites (N-methyl/N-ethyl adjacent to an activating group) is 1. The summed E-state index contributed by atoms with van der Waals surface area (Å²) in [6.07, 6.45) is 0.120. The van der Waals surface area contributed by atoms with Gasteiger partial charge in [0.25, 0.3) is 0 Å². The second kappa shape index (κ2) is 8.03. The molecular weight excluding hydrogens is 382 g/mol. The zero-order valence-corrected chi connectivity index (χ0v) is 16.3. The maximum Gasteiger partial charge on any atom is 0.323 e. The van der Waals surface area contributed by atoms with E-state index in [-0.39, 0.29) is 25.2 Å². The molecule has 0 saturated carbocycles. The Labute approximate surface area is 166 Å². The maximum absolute atomic E-state index is 12.3. The Balaban J connectivity index is 1.29. The number of rotatable bonds is 4. The molecule has 2 N–H and O–H groups in total. The Hall–Kier alpha value is -2.85. The summed E-state index contributed by atoms with van der Waals surface area (Å²) in [6.45, 7) is 3.29. The fraction of sp³-hybridized carbons (Fsp3) is 0.389. The van der Waals surface area contributed by atoms with E-state index < -0.39 is 0 Å². The third-order valence-corrected chi connectivity index (χ3v) is 5.36. The van der Waals surface area contributed by atoms with Gasteiger partial charge < -0.3 is 24.6 Å². The lowest BCUT2D eigenvalue weighted by molar-refractivity contribution is -0.115. The average molecular weight is 403 g/mol. The summed E-state index contributed by atoms with van der Waals surface area (Å²) < 4.78 is 10.6. The van der Waals surface area contributed by atoms with Crippen LogP contribution in [0.2, 0.25) is 0 Å². The molecule has 0 bridgehead atoms. The summed E-state index contributed by atoms with van der Waals surface area (Å²) in [7, 11) is 2.04. The Kier molecular flexibility index (Phi) is 5.31. The number of benzene rings is 1. The Morgan fingerprint density at radius 1 is 1.14 bits per heavy atom. The van der Waals surface area contributed by atoms with Gasteiger partial charge in [0.05, 0.1) is 12.1 Å². The standard InChI is InChI=1S/C18H21N5O4S/c1-22-4-6-23(7-5-22)18(25)21-17-20-13(10-28-17)9-16(24)19-12-2-3-14-15(8-12)27-11-26-14/h2-3,8,10H,4-7,9,11H2,1H3,(H,19,24)(H,20,21,25). The van der Waals surface area contributed by atoms with E-state index in [1.165, 1.54) is 11.3 Å². The number of hydrogen-bond donors (Lipinski definition) is 2. The summed E-state index contributed by atoms with van der Waals surface area (Å²) in [5.41, 5.74) is 1.24. The molecule has 9 nitrogen and oxygen atoms in total. The third kappa shape index (κ3) is 4.34. The predicted octanol–water partition coefficient (Wildman–Crippen LogP) is 1.83. The van der Waals surface area contributed by atoms with Gasteiger partial charge in [0.2, 0.25) is 12.7 Å². The van der Waals surface area contributed by atoms with Crippen molar-refractivity contribution in [2.24, 2.45) is 0 Å². The van der Waals surface area contributed by atoms with Crippen LogP contribution in [0.4, 0.5) is 15.6 Å². The van der Waals surface area contributed by atoms with Crippen LogP contribution >= 0.6 is 11.3 Å². The smallest absolute Gasteiger partial charge is 0.323 e. The number of ether oxygens (including phenoxy) is 2. The van der Waals surface area contributed by atoms with Gasteiger partial charge in [-0.3, -0.25) is 10.1 Å². The fourth-order valence-corrected chi connectivity index (χ4v) is 3.67. The molecule has 0 unspecified atom stereocenters. The molecule has 4 rings (SSSR count). The summed E-state index contributed by atoms with van der Waals surface area (Å²) in [5, 5.41) is 7.90. The van der Waals surface area contributed by atoms with Crippen molar-refractivity contribution in [2.45, 2.75) is 6.42 Å². The average Bonchev–Trinajstić information content (AvgIpc) is 3.31. The van der Waals surface area contributed by atoms with Crippen LogP contribution in [0.25, 0.3) is 0 Å². The van der Waals surface area contributed by atoms with Gasteiger partial charge in [0.15, 0.2) is 16.6 Å². The minimum atomic E-state index is -0.193. The highest BCUT2D eigenvalue weighted by Crippen LogP contribution is 2.34. The molecule has 1 fully saturated rings. The molecule has 148 valence electrons. The highest BCUT2D eigenvalue weighted by atomic mass is 32.1. The molecule has 0 radical (unpaired) electrons. The minimum Gasteiger partial charge on any atom is -0.454 e. The lowest BCUT2D eigenvalue weighted by atomic mass is 10.2. The largest absolute Gasteiger partial charge is 0.454 e. The number of anilines is 2. The first-order valence-electron chi connectivity index (χ1n) is 8.95. The first-order chi connectivity index (χ1) is 13.6. The van der Waals surface area contributed by atoms with Gasteiger partial charge >= 0.3 is 6.03 Å². The monoisotopic (exact) mass is 403 g/mol. The first kappa shape index (κ1) is 18.5. The summed E-state index contributed by atoms with van der Waals surface area (Å²) in [6, 6.07) is 5.09. The molecule has 1 aromatic heterocycles. The topological polar surface area (TPSA) is 96.0 Å². The number of nitrogens with one attached hydrogen (secondary N) is 2. The molecule has 2 aliphatic rings. The number of urea groups is 1.